The summed E-state index contributed by atoms with van der Waals surface area (Å²) in [6.45, 7) is 0. The summed E-state index contributed by atoms with van der Waals surface area (Å²) in [5, 5.41) is 8.52. The van der Waals surface area contributed by atoms with E-state index < -0.39 is 24.2 Å². The predicted octanol–water partition coefficient (Wildman–Crippen LogP) is 14.4. The lowest BCUT2D eigenvalue weighted by Gasteiger charge is -2.20. The minimum atomic E-state index is -0.429. The van der Waals surface area contributed by atoms with Crippen molar-refractivity contribution < 1.29 is 15.4 Å². The van der Waals surface area contributed by atoms with E-state index in [2.05, 4.69) is 30.3 Å². The zero-order valence-electron chi connectivity index (χ0n) is 35.1. The van der Waals surface area contributed by atoms with Crippen LogP contribution in [0, 0.1) is 0 Å². The SMILES string of the molecule is [2H]c1c([2H])c([2H])c2c(-c3ccc(-c4ccc5c(c4)oc4ccc6ccccc6c45)c4ccccc34)c3c([2H])c([2H])c([2H])c([2H])c3c(-c3ccc4ccccc4c3)c2c1[2H]. The zero-order chi connectivity index (χ0) is 40.4. The second-order valence-corrected chi connectivity index (χ2v) is 13.0. The molecular weight excluding hydrogens is 617 g/mol. The first kappa shape index (κ1) is 21.4. The van der Waals surface area contributed by atoms with Crippen LogP contribution in [0.1, 0.15) is 11.0 Å². The molecule has 11 rings (SSSR count). The Kier molecular flexibility index (Phi) is 4.57. The lowest BCUT2D eigenvalue weighted by atomic mass is 9.83. The average Bonchev–Trinajstić information content (AvgIpc) is 3.66. The normalized spacial score (nSPS) is 14.1. The van der Waals surface area contributed by atoms with Crippen molar-refractivity contribution in [1.29, 1.82) is 0 Å². The third-order valence-corrected chi connectivity index (χ3v) is 10.3. The number of furan rings is 1. The molecule has 1 heterocycles. The molecule has 0 amide bonds. The largest absolute Gasteiger partial charge is 0.456 e. The van der Waals surface area contributed by atoms with Crippen molar-refractivity contribution in [2.45, 2.75) is 0 Å². The van der Waals surface area contributed by atoms with Gasteiger partial charge in [-0.3, -0.25) is 0 Å². The van der Waals surface area contributed by atoms with Gasteiger partial charge in [-0.2, -0.15) is 0 Å². The van der Waals surface area contributed by atoms with Crippen molar-refractivity contribution in [2.75, 3.05) is 0 Å². The van der Waals surface area contributed by atoms with Gasteiger partial charge in [-0.05, 0) is 112 Å². The molecule has 1 heteroatoms. The quantitative estimate of drug-likeness (QED) is 0.173. The van der Waals surface area contributed by atoms with E-state index in [1.165, 1.54) is 0 Å². The average molecular weight is 655 g/mol. The van der Waals surface area contributed by atoms with Crippen molar-refractivity contribution >= 4 is 75.8 Å². The van der Waals surface area contributed by atoms with Gasteiger partial charge in [0.15, 0.2) is 0 Å². The van der Waals surface area contributed by atoms with Crippen LogP contribution >= 0.6 is 0 Å². The van der Waals surface area contributed by atoms with Gasteiger partial charge in [0.25, 0.3) is 0 Å². The van der Waals surface area contributed by atoms with Crippen LogP contribution in [0.3, 0.4) is 0 Å². The van der Waals surface area contributed by atoms with Crippen LogP contribution in [0.2, 0.25) is 0 Å². The minimum Gasteiger partial charge on any atom is -0.456 e. The Morgan fingerprint density at radius 2 is 0.922 bits per heavy atom. The van der Waals surface area contributed by atoms with Crippen molar-refractivity contribution in [3.05, 3.63) is 182 Å². The van der Waals surface area contributed by atoms with Crippen LogP contribution in [-0.4, -0.2) is 0 Å². The molecular formula is C50H30O. The summed E-state index contributed by atoms with van der Waals surface area (Å²) in [6.07, 6.45) is 0. The van der Waals surface area contributed by atoms with Gasteiger partial charge >= 0.3 is 0 Å². The first-order chi connectivity index (χ1) is 28.6. The summed E-state index contributed by atoms with van der Waals surface area (Å²) in [4.78, 5) is 0. The smallest absolute Gasteiger partial charge is 0.136 e. The van der Waals surface area contributed by atoms with Crippen LogP contribution in [0.5, 0.6) is 0 Å². The van der Waals surface area contributed by atoms with E-state index in [4.69, 9.17) is 9.90 Å². The first-order valence-corrected chi connectivity index (χ1v) is 16.9. The van der Waals surface area contributed by atoms with E-state index in [1.54, 1.807) is 0 Å². The van der Waals surface area contributed by atoms with E-state index in [0.717, 1.165) is 65.4 Å². The molecule has 0 aliphatic carbocycles. The van der Waals surface area contributed by atoms with E-state index in [9.17, 15) is 5.48 Å². The highest BCUT2D eigenvalue weighted by atomic mass is 16.3. The summed E-state index contributed by atoms with van der Waals surface area (Å²) >= 11 is 0. The number of benzene rings is 10. The molecule has 0 aliphatic heterocycles. The fraction of sp³-hybridized carbons (Fsp3) is 0. The maximum Gasteiger partial charge on any atom is 0.136 e. The molecule has 51 heavy (non-hydrogen) atoms. The minimum absolute atomic E-state index is 0.186. The Morgan fingerprint density at radius 3 is 1.67 bits per heavy atom. The Balaban J connectivity index is 1.25. The molecule has 11 aromatic rings. The number of hydrogen-bond donors (Lipinski definition) is 0. The van der Waals surface area contributed by atoms with Crippen LogP contribution in [-0.2, 0) is 0 Å². The summed E-state index contributed by atoms with van der Waals surface area (Å²) in [7, 11) is 0. The van der Waals surface area contributed by atoms with Crippen molar-refractivity contribution in [2.24, 2.45) is 0 Å². The molecule has 236 valence electrons. The molecule has 0 spiro atoms. The standard InChI is InChI=1S/C50H30O/c1-2-13-33-29-35(22-21-31(33)11-1)48-40-17-7-9-19-42(40)49(43-20-10-8-18-41(43)48)44-27-26-36(38-15-5-6-16-39(38)44)34-23-25-45-47(30-34)51-46-28-24-32-12-3-4-14-37(32)50(45)46/h1-30H/i7D,8D,9D,10D,17D,18D,19D,20D. The molecule has 1 aromatic heterocycles. The van der Waals surface area contributed by atoms with Crippen molar-refractivity contribution in [3.8, 4) is 33.4 Å². The molecule has 0 atom stereocenters. The maximum absolute atomic E-state index is 9.47. The van der Waals surface area contributed by atoms with Gasteiger partial charge in [-0.15, -0.1) is 0 Å². The van der Waals surface area contributed by atoms with E-state index in [0.29, 0.717) is 22.3 Å². The van der Waals surface area contributed by atoms with Gasteiger partial charge in [0.05, 0.1) is 11.0 Å². The molecule has 0 N–H and O–H groups in total. The van der Waals surface area contributed by atoms with Crippen molar-refractivity contribution in [1.82, 2.24) is 0 Å². The number of hydrogen-bond acceptors (Lipinski definition) is 1. The fourth-order valence-corrected chi connectivity index (χ4v) is 8.01. The highest BCUT2D eigenvalue weighted by molar-refractivity contribution is 6.25. The number of fused-ring (bicyclic) bond motifs is 9. The van der Waals surface area contributed by atoms with Gasteiger partial charge in [0.1, 0.15) is 11.2 Å². The summed E-state index contributed by atoms with van der Waals surface area (Å²) in [5.41, 5.74) is 5.17. The highest BCUT2D eigenvalue weighted by Gasteiger charge is 2.20. The fourth-order valence-electron chi connectivity index (χ4n) is 8.01. The topological polar surface area (TPSA) is 13.1 Å². The van der Waals surface area contributed by atoms with Gasteiger partial charge in [-0.1, -0.05) is 158 Å². The second kappa shape index (κ2) is 10.9. The Morgan fingerprint density at radius 1 is 0.353 bits per heavy atom. The van der Waals surface area contributed by atoms with Crippen LogP contribution in [0.4, 0.5) is 0 Å². The molecule has 0 saturated heterocycles. The van der Waals surface area contributed by atoms with Gasteiger partial charge in [-0.25, -0.2) is 0 Å². The Labute approximate surface area is 305 Å². The lowest BCUT2D eigenvalue weighted by Crippen LogP contribution is -1.92. The van der Waals surface area contributed by atoms with Gasteiger partial charge in [0, 0.05) is 10.8 Å². The molecule has 0 radical (unpaired) electrons. The van der Waals surface area contributed by atoms with E-state index in [1.807, 2.05) is 103 Å². The summed E-state index contributed by atoms with van der Waals surface area (Å²) in [5.74, 6) is 0. The molecule has 0 saturated carbocycles. The lowest BCUT2D eigenvalue weighted by molar-refractivity contribution is 0.669. The molecule has 10 aromatic carbocycles. The molecule has 0 bridgehead atoms. The Bertz CT molecular complexity index is 3580. The van der Waals surface area contributed by atoms with Crippen molar-refractivity contribution in [3.63, 3.8) is 0 Å². The molecule has 1 nitrogen and oxygen atoms in total. The first-order valence-electron chi connectivity index (χ1n) is 20.9. The van der Waals surface area contributed by atoms with Gasteiger partial charge in [0.2, 0.25) is 0 Å². The third-order valence-electron chi connectivity index (χ3n) is 10.3. The summed E-state index contributed by atoms with van der Waals surface area (Å²) in [6, 6.07) is 40.8. The highest BCUT2D eigenvalue weighted by Crippen LogP contribution is 2.47. The van der Waals surface area contributed by atoms with E-state index >= 15 is 0 Å². The van der Waals surface area contributed by atoms with Crippen LogP contribution in [0.25, 0.3) is 109 Å². The molecule has 0 aliphatic rings. The Hall–Kier alpha value is -6.70. The second-order valence-electron chi connectivity index (χ2n) is 13.0. The van der Waals surface area contributed by atoms with Crippen LogP contribution < -0.4 is 0 Å². The summed E-state index contributed by atoms with van der Waals surface area (Å²) < 4.78 is 79.7. The number of rotatable bonds is 3. The maximum atomic E-state index is 9.47. The monoisotopic (exact) mass is 654 g/mol. The molecule has 0 unspecified atom stereocenters. The third kappa shape index (κ3) is 4.22. The van der Waals surface area contributed by atoms with Gasteiger partial charge < -0.3 is 4.42 Å². The molecule has 0 fully saturated rings. The van der Waals surface area contributed by atoms with E-state index in [-0.39, 0.29) is 45.7 Å². The van der Waals surface area contributed by atoms with Crippen LogP contribution in [0.15, 0.2) is 186 Å². The predicted molar refractivity (Wildman–Crippen MR) is 218 cm³/mol. The zero-order valence-corrected chi connectivity index (χ0v) is 27.1.